The highest BCUT2D eigenvalue weighted by atomic mass is 16.7. The van der Waals surface area contributed by atoms with Crippen molar-refractivity contribution >= 4 is 17.6 Å². The van der Waals surface area contributed by atoms with E-state index in [4.69, 9.17) is 9.47 Å². The molecule has 7 heteroatoms. The number of rotatable bonds is 4. The van der Waals surface area contributed by atoms with Crippen molar-refractivity contribution in [1.82, 2.24) is 10.6 Å². The van der Waals surface area contributed by atoms with Crippen molar-refractivity contribution in [3.63, 3.8) is 0 Å². The van der Waals surface area contributed by atoms with Crippen LogP contribution in [0.25, 0.3) is 0 Å². The average Bonchev–Trinajstić information content (AvgIpc) is 2.53. The number of anilines is 1. The zero-order valence-electron chi connectivity index (χ0n) is 14.3. The number of carbonyl (C=O) groups is 2. The first-order valence-corrected chi connectivity index (χ1v) is 8.01. The number of hydrogen-bond donors (Lipinski definition) is 3. The number of para-hydroxylation sites is 1. The predicted octanol–water partition coefficient (Wildman–Crippen LogP) is 2.10. The van der Waals surface area contributed by atoms with E-state index >= 15 is 0 Å². The molecule has 7 nitrogen and oxygen atoms in total. The molecule has 1 aliphatic heterocycles. The van der Waals surface area contributed by atoms with Gasteiger partial charge in [-0.05, 0) is 39.3 Å². The molecule has 0 unspecified atom stereocenters. The van der Waals surface area contributed by atoms with Crippen molar-refractivity contribution in [2.75, 3.05) is 25.3 Å². The summed E-state index contributed by atoms with van der Waals surface area (Å²) in [5, 5.41) is 8.36. The Morgan fingerprint density at radius 3 is 2.67 bits per heavy atom. The maximum atomic E-state index is 12.4. The lowest BCUT2D eigenvalue weighted by atomic mass is 10.1. The first-order chi connectivity index (χ1) is 11.3. The zero-order valence-corrected chi connectivity index (χ0v) is 14.3. The van der Waals surface area contributed by atoms with E-state index in [0.29, 0.717) is 24.4 Å². The summed E-state index contributed by atoms with van der Waals surface area (Å²) in [6, 6.07) is 6.53. The molecule has 1 saturated heterocycles. The molecular formula is C17H25N3O4. The van der Waals surface area contributed by atoms with Gasteiger partial charge in [0.05, 0.1) is 24.0 Å². The van der Waals surface area contributed by atoms with Gasteiger partial charge in [-0.2, -0.15) is 0 Å². The topological polar surface area (TPSA) is 88.7 Å². The fourth-order valence-electron chi connectivity index (χ4n) is 2.23. The molecular weight excluding hydrogens is 310 g/mol. The maximum Gasteiger partial charge on any atom is 0.319 e. The largest absolute Gasteiger partial charge is 0.355 e. The standard InChI is InChI=1S/C17H25N3O4/c1-17(2,3)20-15(21)13-6-4-5-7-14(13)19-16(22)18-10-12-8-9-23-11-24-12/h4-7,12H,8-11H2,1-3H3,(H,20,21)(H2,18,19,22)/t12-/m0/s1. The van der Waals surface area contributed by atoms with Crippen molar-refractivity contribution < 1.29 is 19.1 Å². The molecule has 1 aliphatic rings. The SMILES string of the molecule is CC(C)(C)NC(=O)c1ccccc1NC(=O)NC[C@@H]1CCOCO1. The second-order valence-electron chi connectivity index (χ2n) is 6.69. The van der Waals surface area contributed by atoms with Crippen molar-refractivity contribution in [3.8, 4) is 0 Å². The second-order valence-corrected chi connectivity index (χ2v) is 6.69. The van der Waals surface area contributed by atoms with Crippen LogP contribution in [0.1, 0.15) is 37.6 Å². The molecule has 0 saturated carbocycles. The fraction of sp³-hybridized carbons (Fsp3) is 0.529. The van der Waals surface area contributed by atoms with Gasteiger partial charge in [0.15, 0.2) is 0 Å². The van der Waals surface area contributed by atoms with Gasteiger partial charge in [0.2, 0.25) is 0 Å². The molecule has 1 fully saturated rings. The molecule has 0 radical (unpaired) electrons. The summed E-state index contributed by atoms with van der Waals surface area (Å²) < 4.78 is 10.5. The summed E-state index contributed by atoms with van der Waals surface area (Å²) in [6.07, 6.45) is 0.689. The molecule has 1 aromatic rings. The molecule has 0 spiro atoms. The van der Waals surface area contributed by atoms with Crippen LogP contribution in [0.15, 0.2) is 24.3 Å². The molecule has 1 atom stereocenters. The summed E-state index contributed by atoms with van der Waals surface area (Å²) in [5.41, 5.74) is 0.530. The first-order valence-electron chi connectivity index (χ1n) is 8.01. The van der Waals surface area contributed by atoms with E-state index in [1.165, 1.54) is 0 Å². The Bertz CT molecular complexity index is 577. The van der Waals surface area contributed by atoms with Crippen LogP contribution in [-0.2, 0) is 9.47 Å². The lowest BCUT2D eigenvalue weighted by molar-refractivity contribution is -0.136. The molecule has 1 aromatic carbocycles. The highest BCUT2D eigenvalue weighted by Gasteiger charge is 2.19. The first kappa shape index (κ1) is 18.2. The Kier molecular flexibility index (Phi) is 6.16. The van der Waals surface area contributed by atoms with E-state index in [1.807, 2.05) is 20.8 Å². The minimum absolute atomic E-state index is 0.0519. The van der Waals surface area contributed by atoms with Crippen molar-refractivity contribution in [2.45, 2.75) is 38.8 Å². The van der Waals surface area contributed by atoms with Crippen LogP contribution >= 0.6 is 0 Å². The number of ether oxygens (including phenoxy) is 2. The van der Waals surface area contributed by atoms with Crippen LogP contribution < -0.4 is 16.0 Å². The Morgan fingerprint density at radius 2 is 2.00 bits per heavy atom. The maximum absolute atomic E-state index is 12.4. The van der Waals surface area contributed by atoms with E-state index in [2.05, 4.69) is 16.0 Å². The molecule has 3 amide bonds. The van der Waals surface area contributed by atoms with Crippen LogP contribution in [0.2, 0.25) is 0 Å². The lowest BCUT2D eigenvalue weighted by Crippen LogP contribution is -2.41. The number of hydrogen-bond acceptors (Lipinski definition) is 4. The second kappa shape index (κ2) is 8.12. The van der Waals surface area contributed by atoms with Crippen molar-refractivity contribution in [2.24, 2.45) is 0 Å². The third kappa shape index (κ3) is 5.82. The monoisotopic (exact) mass is 335 g/mol. The van der Waals surface area contributed by atoms with Gasteiger partial charge in [0, 0.05) is 12.1 Å². The number of benzene rings is 1. The number of urea groups is 1. The molecule has 3 N–H and O–H groups in total. The van der Waals surface area contributed by atoms with Gasteiger partial charge >= 0.3 is 6.03 Å². The molecule has 0 aliphatic carbocycles. The molecule has 0 bridgehead atoms. The van der Waals surface area contributed by atoms with Gasteiger partial charge in [0.25, 0.3) is 5.91 Å². The highest BCUT2D eigenvalue weighted by Crippen LogP contribution is 2.16. The van der Waals surface area contributed by atoms with Gasteiger partial charge in [0.1, 0.15) is 6.79 Å². The van der Waals surface area contributed by atoms with Crippen LogP contribution in [-0.4, -0.2) is 43.5 Å². The molecule has 24 heavy (non-hydrogen) atoms. The average molecular weight is 335 g/mol. The summed E-state index contributed by atoms with van der Waals surface area (Å²) in [4.78, 5) is 24.4. The lowest BCUT2D eigenvalue weighted by Gasteiger charge is -2.23. The van der Waals surface area contributed by atoms with E-state index in [-0.39, 0.29) is 30.4 Å². The minimum atomic E-state index is -0.374. The molecule has 1 heterocycles. The third-order valence-corrected chi connectivity index (χ3v) is 3.37. The summed E-state index contributed by atoms with van der Waals surface area (Å²) >= 11 is 0. The fourth-order valence-corrected chi connectivity index (χ4v) is 2.23. The van der Waals surface area contributed by atoms with Crippen molar-refractivity contribution in [1.29, 1.82) is 0 Å². The summed E-state index contributed by atoms with van der Waals surface area (Å²) in [5.74, 6) is -0.230. The molecule has 132 valence electrons. The number of amides is 3. The zero-order chi connectivity index (χ0) is 17.6. The van der Waals surface area contributed by atoms with Gasteiger partial charge in [-0.25, -0.2) is 4.79 Å². The van der Waals surface area contributed by atoms with Gasteiger partial charge < -0.3 is 25.4 Å². The van der Waals surface area contributed by atoms with E-state index in [0.717, 1.165) is 6.42 Å². The molecule has 0 aromatic heterocycles. The van der Waals surface area contributed by atoms with Crippen LogP contribution in [0, 0.1) is 0 Å². The predicted molar refractivity (Wildman–Crippen MR) is 91.0 cm³/mol. The van der Waals surface area contributed by atoms with Gasteiger partial charge in [-0.1, -0.05) is 12.1 Å². The summed E-state index contributed by atoms with van der Waals surface area (Å²) in [6.45, 7) is 6.99. The summed E-state index contributed by atoms with van der Waals surface area (Å²) in [7, 11) is 0. The highest BCUT2D eigenvalue weighted by molar-refractivity contribution is 6.03. The number of nitrogens with one attached hydrogen (secondary N) is 3. The van der Waals surface area contributed by atoms with E-state index < -0.39 is 0 Å². The van der Waals surface area contributed by atoms with Crippen LogP contribution in [0.3, 0.4) is 0 Å². The Labute approximate surface area is 142 Å². The quantitative estimate of drug-likeness (QED) is 0.786. The molecule has 2 rings (SSSR count). The minimum Gasteiger partial charge on any atom is -0.355 e. The van der Waals surface area contributed by atoms with Crippen LogP contribution in [0.5, 0.6) is 0 Å². The normalized spacial score (nSPS) is 17.9. The Hall–Kier alpha value is -2.12. The Morgan fingerprint density at radius 1 is 1.25 bits per heavy atom. The van der Waals surface area contributed by atoms with Crippen molar-refractivity contribution in [3.05, 3.63) is 29.8 Å². The smallest absolute Gasteiger partial charge is 0.319 e. The third-order valence-electron chi connectivity index (χ3n) is 3.37. The van der Waals surface area contributed by atoms with E-state index in [9.17, 15) is 9.59 Å². The Balaban J connectivity index is 1.93. The van der Waals surface area contributed by atoms with E-state index in [1.54, 1.807) is 24.3 Å². The van der Waals surface area contributed by atoms with Crippen LogP contribution in [0.4, 0.5) is 10.5 Å². The van der Waals surface area contributed by atoms with Gasteiger partial charge in [-0.15, -0.1) is 0 Å². The number of carbonyl (C=O) groups excluding carboxylic acids is 2. The van der Waals surface area contributed by atoms with Gasteiger partial charge in [-0.3, -0.25) is 4.79 Å².